The van der Waals surface area contributed by atoms with Crippen molar-refractivity contribution in [3.8, 4) is 0 Å². The Morgan fingerprint density at radius 2 is 0.731 bits per heavy atom. The summed E-state index contributed by atoms with van der Waals surface area (Å²) in [4.78, 5) is 38.0. The van der Waals surface area contributed by atoms with E-state index in [-0.39, 0.29) is 32.0 Å². The monoisotopic (exact) mass is 1110 g/mol. The Hall–Kier alpha value is -2.81. The van der Waals surface area contributed by atoms with Crippen molar-refractivity contribution in [3.63, 3.8) is 0 Å². The first kappa shape index (κ1) is 75.2. The number of nitrogens with zero attached hydrogens (tertiary/aromatic N) is 1. The maximum atomic E-state index is 12.8. The Morgan fingerprint density at radius 1 is 0.410 bits per heavy atom. The minimum Gasteiger partial charge on any atom is -0.756 e. The minimum atomic E-state index is -4.64. The van der Waals surface area contributed by atoms with Gasteiger partial charge in [-0.2, -0.15) is 0 Å². The van der Waals surface area contributed by atoms with Crippen LogP contribution in [-0.4, -0.2) is 70.0 Å². The molecule has 0 radical (unpaired) electrons. The summed E-state index contributed by atoms with van der Waals surface area (Å²) in [6.45, 7) is 4.15. The Kier molecular flexibility index (Phi) is 56.7. The zero-order valence-corrected chi connectivity index (χ0v) is 52.2. The van der Waals surface area contributed by atoms with E-state index < -0.39 is 26.5 Å². The number of phosphoric ester groups is 1. The van der Waals surface area contributed by atoms with Crippen molar-refractivity contribution in [1.29, 1.82) is 0 Å². The summed E-state index contributed by atoms with van der Waals surface area (Å²) < 4.78 is 34.3. The van der Waals surface area contributed by atoms with Gasteiger partial charge in [-0.05, 0) is 89.9 Å². The largest absolute Gasteiger partial charge is 0.756 e. The second kappa shape index (κ2) is 58.8. The average molecular weight is 1110 g/mol. The van der Waals surface area contributed by atoms with Gasteiger partial charge in [-0.3, -0.25) is 14.2 Å². The molecule has 0 aliphatic carbocycles. The van der Waals surface area contributed by atoms with Crippen LogP contribution in [0.1, 0.15) is 284 Å². The molecule has 10 heteroatoms. The normalized spacial score (nSPS) is 13.8. The molecule has 0 amide bonds. The summed E-state index contributed by atoms with van der Waals surface area (Å²) in [5.41, 5.74) is 0. The summed E-state index contributed by atoms with van der Waals surface area (Å²) in [6.07, 6.45) is 79.2. The van der Waals surface area contributed by atoms with Gasteiger partial charge in [-0.15, -0.1) is 0 Å². The Bertz CT molecular complexity index is 1590. The lowest BCUT2D eigenvalue weighted by Crippen LogP contribution is -2.37. The third-order valence-corrected chi connectivity index (χ3v) is 14.9. The van der Waals surface area contributed by atoms with Crippen molar-refractivity contribution in [2.24, 2.45) is 0 Å². The predicted molar refractivity (Wildman–Crippen MR) is 332 cm³/mol. The van der Waals surface area contributed by atoms with Crippen LogP contribution in [0.2, 0.25) is 0 Å². The van der Waals surface area contributed by atoms with E-state index in [1.165, 1.54) is 167 Å². The summed E-state index contributed by atoms with van der Waals surface area (Å²) in [6, 6.07) is 0. The highest BCUT2D eigenvalue weighted by Gasteiger charge is 2.22. The van der Waals surface area contributed by atoms with Gasteiger partial charge in [0.15, 0.2) is 6.10 Å². The number of phosphoric acid groups is 1. The molecule has 0 aromatic carbocycles. The first-order chi connectivity index (χ1) is 38.0. The maximum absolute atomic E-state index is 12.8. The van der Waals surface area contributed by atoms with Gasteiger partial charge < -0.3 is 27.9 Å². The van der Waals surface area contributed by atoms with Crippen LogP contribution >= 0.6 is 7.82 Å². The van der Waals surface area contributed by atoms with Gasteiger partial charge >= 0.3 is 11.9 Å². The molecular formula is C68H122NO8P. The van der Waals surface area contributed by atoms with E-state index in [9.17, 15) is 19.0 Å². The number of carbonyl (C=O) groups is 2. The van der Waals surface area contributed by atoms with Gasteiger partial charge in [0, 0.05) is 12.8 Å². The highest BCUT2D eigenvalue weighted by atomic mass is 31.2. The van der Waals surface area contributed by atoms with Gasteiger partial charge in [0.2, 0.25) is 0 Å². The van der Waals surface area contributed by atoms with Crippen LogP contribution in [-0.2, 0) is 32.7 Å². The van der Waals surface area contributed by atoms with Crippen molar-refractivity contribution in [1.82, 2.24) is 0 Å². The summed E-state index contributed by atoms with van der Waals surface area (Å²) in [5.74, 6) is -0.833. The molecule has 0 rings (SSSR count). The maximum Gasteiger partial charge on any atom is 0.306 e. The second-order valence-corrected chi connectivity index (χ2v) is 24.2. The molecular weight excluding hydrogens is 990 g/mol. The Balaban J connectivity index is 4.12. The minimum absolute atomic E-state index is 0.0342. The SMILES string of the molecule is CC/C=C\C/C=C\C/C=C\C/C=C\C/C=C\C/C=C\CCCCCCCCCCCCC(=O)OC(COC(=O)CCCCCCCCCCCCCCC/C=C\CCCCCCCCCC)COP(=O)([O-])OCC[N+](C)(C)C. The Morgan fingerprint density at radius 3 is 1.10 bits per heavy atom. The molecule has 0 saturated carbocycles. The molecule has 452 valence electrons. The molecule has 0 aromatic rings. The first-order valence-corrected chi connectivity index (χ1v) is 33.8. The highest BCUT2D eigenvalue weighted by Crippen LogP contribution is 2.38. The molecule has 78 heavy (non-hydrogen) atoms. The van der Waals surface area contributed by atoms with E-state index >= 15 is 0 Å². The van der Waals surface area contributed by atoms with E-state index in [1.807, 2.05) is 21.1 Å². The summed E-state index contributed by atoms with van der Waals surface area (Å²) in [7, 11) is 1.16. The number of hydrogen-bond donors (Lipinski definition) is 0. The number of quaternary nitrogens is 1. The van der Waals surface area contributed by atoms with Crippen LogP contribution in [0.3, 0.4) is 0 Å². The standard InChI is InChI=1S/C68H122NO8P/c1-6-8-10-12-14-16-18-20-22-24-26-28-30-32-33-34-35-37-39-41-43-45-47-49-51-53-55-57-59-61-68(71)77-66(65-76-78(72,73)75-63-62-69(3,4)5)64-74-67(70)60-58-56-54-52-50-48-46-44-42-40-38-36-31-29-27-25-23-21-19-17-15-13-11-9-7-2/h8,10,14,16,20,22,25-28,32-33,35,37,66H,6-7,9,11-13,15,17-19,21,23-24,29-31,34,36,38-65H2,1-5H3/b10-8-,16-14-,22-20-,27-25-,28-26-,33-32-,37-35-. The molecule has 0 heterocycles. The van der Waals surface area contributed by atoms with E-state index in [0.29, 0.717) is 17.4 Å². The number of rotatable bonds is 59. The van der Waals surface area contributed by atoms with Gasteiger partial charge in [-0.1, -0.05) is 266 Å². The molecule has 0 aliphatic heterocycles. The van der Waals surface area contributed by atoms with Gasteiger partial charge in [0.25, 0.3) is 7.82 Å². The van der Waals surface area contributed by atoms with Crippen LogP contribution in [0.25, 0.3) is 0 Å². The number of likely N-dealkylation sites (N-methyl/N-ethyl adjacent to an activating group) is 1. The molecule has 0 saturated heterocycles. The van der Waals surface area contributed by atoms with Crippen LogP contribution in [0.15, 0.2) is 85.1 Å². The van der Waals surface area contributed by atoms with Crippen LogP contribution < -0.4 is 4.89 Å². The van der Waals surface area contributed by atoms with Crippen molar-refractivity contribution in [2.45, 2.75) is 290 Å². The Labute approximate surface area is 481 Å². The smallest absolute Gasteiger partial charge is 0.306 e. The molecule has 0 spiro atoms. The summed E-state index contributed by atoms with van der Waals surface area (Å²) >= 11 is 0. The molecule has 0 aliphatic rings. The molecule has 0 bridgehead atoms. The van der Waals surface area contributed by atoms with Crippen LogP contribution in [0.4, 0.5) is 0 Å². The number of unbranched alkanes of at least 4 members (excludes halogenated alkanes) is 31. The summed E-state index contributed by atoms with van der Waals surface area (Å²) in [5, 5.41) is 0. The molecule has 2 atom stereocenters. The van der Waals surface area contributed by atoms with Crippen LogP contribution in [0.5, 0.6) is 0 Å². The highest BCUT2D eigenvalue weighted by molar-refractivity contribution is 7.45. The third-order valence-electron chi connectivity index (χ3n) is 13.9. The molecule has 9 nitrogen and oxygen atoms in total. The quantitative estimate of drug-likeness (QED) is 0.0195. The molecule has 0 N–H and O–H groups in total. The first-order valence-electron chi connectivity index (χ1n) is 32.3. The van der Waals surface area contributed by atoms with E-state index in [1.54, 1.807) is 0 Å². The second-order valence-electron chi connectivity index (χ2n) is 22.7. The fraction of sp³-hybridized carbons (Fsp3) is 0.765. The lowest BCUT2D eigenvalue weighted by atomic mass is 10.0. The molecule has 2 unspecified atom stereocenters. The number of ether oxygens (including phenoxy) is 2. The number of hydrogen-bond acceptors (Lipinski definition) is 8. The lowest BCUT2D eigenvalue weighted by Gasteiger charge is -2.28. The topological polar surface area (TPSA) is 111 Å². The van der Waals surface area contributed by atoms with E-state index in [0.717, 1.165) is 83.5 Å². The fourth-order valence-corrected chi connectivity index (χ4v) is 9.68. The number of carbonyl (C=O) groups excluding carboxylic acids is 2. The molecule has 0 fully saturated rings. The molecule has 0 aromatic heterocycles. The van der Waals surface area contributed by atoms with E-state index in [2.05, 4.69) is 98.9 Å². The van der Waals surface area contributed by atoms with Crippen molar-refractivity contribution in [3.05, 3.63) is 85.1 Å². The zero-order valence-electron chi connectivity index (χ0n) is 51.3. The van der Waals surface area contributed by atoms with E-state index in [4.69, 9.17) is 18.5 Å². The third kappa shape index (κ3) is 62.4. The van der Waals surface area contributed by atoms with Crippen molar-refractivity contribution in [2.75, 3.05) is 47.5 Å². The lowest BCUT2D eigenvalue weighted by molar-refractivity contribution is -0.870. The van der Waals surface area contributed by atoms with Gasteiger partial charge in [0.1, 0.15) is 19.8 Å². The zero-order chi connectivity index (χ0) is 57.0. The number of esters is 2. The average Bonchev–Trinajstić information content (AvgIpc) is 3.41. The van der Waals surface area contributed by atoms with Gasteiger partial charge in [0.05, 0.1) is 27.7 Å². The number of allylic oxidation sites excluding steroid dienone is 14. The van der Waals surface area contributed by atoms with Crippen LogP contribution in [0, 0.1) is 0 Å². The van der Waals surface area contributed by atoms with Gasteiger partial charge in [-0.25, -0.2) is 0 Å². The van der Waals surface area contributed by atoms with Crippen molar-refractivity contribution >= 4 is 19.8 Å². The fourth-order valence-electron chi connectivity index (χ4n) is 8.95. The predicted octanol–water partition coefficient (Wildman–Crippen LogP) is 20.0. The van der Waals surface area contributed by atoms with Crippen molar-refractivity contribution < 1.29 is 42.1 Å².